The average molecular weight is 352 g/mol. The zero-order chi connectivity index (χ0) is 18.4. The first kappa shape index (κ1) is 17.4. The normalized spacial score (nSPS) is 30.0. The van der Waals surface area contributed by atoms with Crippen molar-refractivity contribution in [1.82, 2.24) is 19.6 Å². The number of hydrogen-bond acceptors (Lipinski definition) is 4. The molecule has 2 saturated heterocycles. The average Bonchev–Trinajstić information content (AvgIpc) is 3.16. The summed E-state index contributed by atoms with van der Waals surface area (Å²) in [7, 11) is 3.38. The number of alkyl halides is 1. The third kappa shape index (κ3) is 2.98. The molecular weight excluding hydrogens is 331 g/mol. The molecule has 0 spiro atoms. The van der Waals surface area contributed by atoms with Crippen molar-refractivity contribution >= 4 is 17.8 Å². The topological polar surface area (TPSA) is 95.7 Å². The van der Waals surface area contributed by atoms with Crippen LogP contribution in [0.5, 0.6) is 0 Å². The summed E-state index contributed by atoms with van der Waals surface area (Å²) >= 11 is 0. The Kier molecular flexibility index (Phi) is 4.26. The molecule has 2 amide bonds. The molecule has 0 bridgehead atoms. The van der Waals surface area contributed by atoms with Crippen LogP contribution in [0, 0.1) is 5.92 Å². The minimum absolute atomic E-state index is 0.0650. The monoisotopic (exact) mass is 352 g/mol. The number of halogens is 1. The fourth-order valence-corrected chi connectivity index (χ4v) is 3.72. The first-order valence-corrected chi connectivity index (χ1v) is 8.18. The standard InChI is InChI=1S/C16H21FN4O4/c1-19-8-10(7-18-19)13-11(3-4-12(22)20(13)2)14(23)21-6-5-16(17,9-21)15(24)25/h7-8,11,13H,3-6,9H2,1-2H3,(H,24,25). The second-order valence-electron chi connectivity index (χ2n) is 6.82. The zero-order valence-corrected chi connectivity index (χ0v) is 14.2. The maximum atomic E-state index is 14.3. The van der Waals surface area contributed by atoms with Crippen LogP contribution in [0.15, 0.2) is 12.4 Å². The highest BCUT2D eigenvalue weighted by atomic mass is 19.1. The molecule has 3 atom stereocenters. The van der Waals surface area contributed by atoms with Gasteiger partial charge in [0.1, 0.15) is 0 Å². The summed E-state index contributed by atoms with van der Waals surface area (Å²) in [6.07, 6.45) is 3.73. The van der Waals surface area contributed by atoms with Crippen LogP contribution in [-0.4, -0.2) is 68.3 Å². The number of carboxylic acid groups (broad SMARTS) is 1. The second-order valence-corrected chi connectivity index (χ2v) is 6.82. The lowest BCUT2D eigenvalue weighted by Crippen LogP contribution is -2.48. The van der Waals surface area contributed by atoms with Crippen molar-refractivity contribution in [3.63, 3.8) is 0 Å². The van der Waals surface area contributed by atoms with Crippen LogP contribution in [0.4, 0.5) is 4.39 Å². The Hall–Kier alpha value is -2.45. The molecule has 0 aromatic carbocycles. The second kappa shape index (κ2) is 6.12. The third-order valence-electron chi connectivity index (χ3n) is 5.16. The number of rotatable bonds is 3. The molecule has 8 nitrogen and oxygen atoms in total. The van der Waals surface area contributed by atoms with E-state index < -0.39 is 30.1 Å². The van der Waals surface area contributed by atoms with Crippen LogP contribution in [0.3, 0.4) is 0 Å². The van der Waals surface area contributed by atoms with Gasteiger partial charge in [-0.3, -0.25) is 14.3 Å². The molecule has 2 aliphatic rings. The molecule has 2 fully saturated rings. The van der Waals surface area contributed by atoms with Crippen molar-refractivity contribution in [2.45, 2.75) is 31.0 Å². The van der Waals surface area contributed by atoms with E-state index in [2.05, 4.69) is 5.10 Å². The summed E-state index contributed by atoms with van der Waals surface area (Å²) in [4.78, 5) is 38.9. The van der Waals surface area contributed by atoms with Crippen molar-refractivity contribution in [3.05, 3.63) is 18.0 Å². The molecule has 0 saturated carbocycles. The van der Waals surface area contributed by atoms with Gasteiger partial charge in [-0.05, 0) is 6.42 Å². The number of aromatic nitrogens is 2. The number of carboxylic acids is 1. The van der Waals surface area contributed by atoms with E-state index in [4.69, 9.17) is 5.11 Å². The summed E-state index contributed by atoms with van der Waals surface area (Å²) < 4.78 is 15.9. The molecule has 3 unspecified atom stereocenters. The Morgan fingerprint density at radius 3 is 2.68 bits per heavy atom. The van der Waals surface area contributed by atoms with E-state index in [9.17, 15) is 18.8 Å². The lowest BCUT2D eigenvalue weighted by atomic mass is 9.84. The minimum Gasteiger partial charge on any atom is -0.479 e. The largest absolute Gasteiger partial charge is 0.479 e. The highest BCUT2D eigenvalue weighted by molar-refractivity contribution is 5.86. The highest BCUT2D eigenvalue weighted by Crippen LogP contribution is 2.38. The Balaban J connectivity index is 1.85. The predicted octanol–water partition coefficient (Wildman–Crippen LogP) is 0.355. The molecule has 9 heteroatoms. The summed E-state index contributed by atoms with van der Waals surface area (Å²) in [5, 5.41) is 13.1. The Labute approximate surface area is 144 Å². The van der Waals surface area contributed by atoms with Gasteiger partial charge in [0.2, 0.25) is 17.5 Å². The van der Waals surface area contributed by atoms with Gasteiger partial charge >= 0.3 is 5.97 Å². The predicted molar refractivity (Wildman–Crippen MR) is 84.1 cm³/mol. The first-order chi connectivity index (χ1) is 11.7. The van der Waals surface area contributed by atoms with Crippen molar-refractivity contribution in [3.8, 4) is 0 Å². The molecule has 136 valence electrons. The van der Waals surface area contributed by atoms with Gasteiger partial charge in [-0.15, -0.1) is 0 Å². The number of carbonyl (C=O) groups excluding carboxylic acids is 2. The van der Waals surface area contributed by atoms with Gasteiger partial charge in [0.05, 0.1) is 24.7 Å². The Morgan fingerprint density at radius 1 is 1.40 bits per heavy atom. The van der Waals surface area contributed by atoms with E-state index in [0.717, 1.165) is 5.56 Å². The van der Waals surface area contributed by atoms with Crippen molar-refractivity contribution in [2.75, 3.05) is 20.1 Å². The SMILES string of the molecule is CN1C(=O)CCC(C(=O)N2CCC(F)(C(=O)O)C2)C1c1cnn(C)c1. The maximum Gasteiger partial charge on any atom is 0.343 e. The van der Waals surface area contributed by atoms with Gasteiger partial charge in [0.15, 0.2) is 0 Å². The molecule has 25 heavy (non-hydrogen) atoms. The molecule has 3 rings (SSSR count). The maximum absolute atomic E-state index is 14.3. The number of hydrogen-bond donors (Lipinski definition) is 1. The smallest absolute Gasteiger partial charge is 0.343 e. The summed E-state index contributed by atoms with van der Waals surface area (Å²) in [5.74, 6) is -2.45. The third-order valence-corrected chi connectivity index (χ3v) is 5.16. The number of nitrogens with zero attached hydrogens (tertiary/aromatic N) is 4. The number of aliphatic carboxylic acids is 1. The van der Waals surface area contributed by atoms with Gasteiger partial charge in [-0.2, -0.15) is 5.10 Å². The van der Waals surface area contributed by atoms with Crippen molar-refractivity contribution in [1.29, 1.82) is 0 Å². The van der Waals surface area contributed by atoms with E-state index in [1.807, 2.05) is 0 Å². The van der Waals surface area contributed by atoms with Gasteiger partial charge in [-0.25, -0.2) is 9.18 Å². The van der Waals surface area contributed by atoms with Crippen LogP contribution in [0.25, 0.3) is 0 Å². The molecule has 2 aliphatic heterocycles. The molecule has 0 radical (unpaired) electrons. The van der Waals surface area contributed by atoms with E-state index in [1.54, 1.807) is 31.2 Å². The van der Waals surface area contributed by atoms with Crippen LogP contribution < -0.4 is 0 Å². The molecule has 1 aromatic rings. The minimum atomic E-state index is -2.39. The Bertz CT molecular complexity index is 721. The van der Waals surface area contributed by atoms with Crippen molar-refractivity contribution in [2.24, 2.45) is 13.0 Å². The molecular formula is C16H21FN4O4. The summed E-state index contributed by atoms with van der Waals surface area (Å²) in [6, 6.07) is -0.484. The van der Waals surface area contributed by atoms with E-state index in [0.29, 0.717) is 6.42 Å². The summed E-state index contributed by atoms with van der Waals surface area (Å²) in [6.45, 7) is -0.384. The van der Waals surface area contributed by atoms with Crippen LogP contribution in [-0.2, 0) is 21.4 Å². The van der Waals surface area contributed by atoms with Crippen molar-refractivity contribution < 1.29 is 23.9 Å². The molecule has 1 aromatic heterocycles. The highest BCUT2D eigenvalue weighted by Gasteiger charge is 2.49. The van der Waals surface area contributed by atoms with E-state index >= 15 is 0 Å². The first-order valence-electron chi connectivity index (χ1n) is 8.18. The van der Waals surface area contributed by atoms with Gasteiger partial charge in [0, 0.05) is 45.2 Å². The summed E-state index contributed by atoms with van der Waals surface area (Å²) in [5.41, 5.74) is -1.66. The molecule has 1 N–H and O–H groups in total. The van der Waals surface area contributed by atoms with Crippen LogP contribution >= 0.6 is 0 Å². The van der Waals surface area contributed by atoms with Crippen LogP contribution in [0.2, 0.25) is 0 Å². The molecule has 0 aliphatic carbocycles. The van der Waals surface area contributed by atoms with Gasteiger partial charge in [0.25, 0.3) is 0 Å². The van der Waals surface area contributed by atoms with E-state index in [-0.39, 0.29) is 31.2 Å². The number of likely N-dealkylation sites (tertiary alicyclic amines) is 2. The van der Waals surface area contributed by atoms with E-state index in [1.165, 1.54) is 9.80 Å². The fraction of sp³-hybridized carbons (Fsp3) is 0.625. The number of aryl methyl sites for hydroxylation is 1. The van der Waals surface area contributed by atoms with Crippen LogP contribution in [0.1, 0.15) is 30.9 Å². The zero-order valence-electron chi connectivity index (χ0n) is 14.2. The lowest BCUT2D eigenvalue weighted by molar-refractivity contribution is -0.151. The van der Waals surface area contributed by atoms with Gasteiger partial charge in [-0.1, -0.05) is 0 Å². The number of piperidine rings is 1. The van der Waals surface area contributed by atoms with Gasteiger partial charge < -0.3 is 14.9 Å². The lowest BCUT2D eigenvalue weighted by Gasteiger charge is -2.39. The number of carbonyl (C=O) groups is 3. The molecule has 3 heterocycles. The fourth-order valence-electron chi connectivity index (χ4n) is 3.72. The number of amides is 2. The quantitative estimate of drug-likeness (QED) is 0.847. The Morgan fingerprint density at radius 2 is 2.12 bits per heavy atom.